The molecule has 0 amide bonds. The molecular weight excluding hydrogens is 218 g/mol. The second-order valence-corrected chi connectivity index (χ2v) is 4.88. The lowest BCUT2D eigenvalue weighted by molar-refractivity contribution is 0.764. The molecule has 0 aliphatic carbocycles. The van der Waals surface area contributed by atoms with Gasteiger partial charge < -0.3 is 5.32 Å². The van der Waals surface area contributed by atoms with Gasteiger partial charge in [0.1, 0.15) is 11.5 Å². The van der Waals surface area contributed by atoms with E-state index in [1.807, 2.05) is 36.3 Å². The van der Waals surface area contributed by atoms with Crippen molar-refractivity contribution in [1.82, 2.24) is 9.38 Å². The molecule has 0 fully saturated rings. The summed E-state index contributed by atoms with van der Waals surface area (Å²) in [6, 6.07) is 6.62. The summed E-state index contributed by atoms with van der Waals surface area (Å²) in [5.74, 6) is 2.30. The number of pyridine rings is 1. The smallest absolute Gasteiger partial charge is 0.138 e. The number of nitrogens with one attached hydrogen (secondary N) is 1. The lowest BCUT2D eigenvalue weighted by Crippen LogP contribution is -2.17. The van der Waals surface area contributed by atoms with Crippen LogP contribution in [-0.4, -0.2) is 27.4 Å². The van der Waals surface area contributed by atoms with Gasteiger partial charge in [-0.15, -0.1) is 0 Å². The van der Waals surface area contributed by atoms with Crippen LogP contribution in [0, 0.1) is 0 Å². The van der Waals surface area contributed by atoms with Crippen LogP contribution in [0.15, 0.2) is 30.6 Å². The molecule has 3 nitrogen and oxygen atoms in total. The fraction of sp³-hybridized carbons (Fsp3) is 0.417. The molecule has 2 rings (SSSR count). The molecule has 1 atom stereocenters. The van der Waals surface area contributed by atoms with Crippen molar-refractivity contribution in [2.75, 3.05) is 17.3 Å². The van der Waals surface area contributed by atoms with Crippen molar-refractivity contribution in [3.8, 4) is 0 Å². The summed E-state index contributed by atoms with van der Waals surface area (Å²) >= 11 is 1.89. The molecule has 0 saturated heterocycles. The van der Waals surface area contributed by atoms with Crippen molar-refractivity contribution < 1.29 is 0 Å². The third kappa shape index (κ3) is 2.50. The molecule has 16 heavy (non-hydrogen) atoms. The number of hydrogen-bond acceptors (Lipinski definition) is 3. The highest BCUT2D eigenvalue weighted by molar-refractivity contribution is 7.98. The van der Waals surface area contributed by atoms with Crippen molar-refractivity contribution in [1.29, 1.82) is 0 Å². The molecule has 0 spiro atoms. The van der Waals surface area contributed by atoms with Gasteiger partial charge in [-0.3, -0.25) is 4.40 Å². The van der Waals surface area contributed by atoms with Crippen LogP contribution in [0.25, 0.3) is 5.65 Å². The van der Waals surface area contributed by atoms with Gasteiger partial charge in [0.15, 0.2) is 0 Å². The van der Waals surface area contributed by atoms with E-state index in [2.05, 4.69) is 33.9 Å². The molecular formula is C12H17N3S. The summed E-state index contributed by atoms with van der Waals surface area (Å²) in [5, 5.41) is 3.52. The maximum Gasteiger partial charge on any atom is 0.138 e. The standard InChI is InChI=1S/C12H17N3S/c1-10(6-9-16-2)14-12-5-3-4-11-13-7-8-15(11)12/h3-5,7-8,10,14H,6,9H2,1-2H3. The molecule has 2 heterocycles. The van der Waals surface area contributed by atoms with Gasteiger partial charge in [0.05, 0.1) is 0 Å². The number of aromatic nitrogens is 2. The third-order valence-corrected chi connectivity index (χ3v) is 3.22. The molecule has 0 bridgehead atoms. The van der Waals surface area contributed by atoms with Crippen LogP contribution >= 0.6 is 11.8 Å². The molecule has 0 aromatic carbocycles. The van der Waals surface area contributed by atoms with Gasteiger partial charge >= 0.3 is 0 Å². The van der Waals surface area contributed by atoms with E-state index in [0.29, 0.717) is 6.04 Å². The van der Waals surface area contributed by atoms with E-state index in [9.17, 15) is 0 Å². The van der Waals surface area contributed by atoms with Gasteiger partial charge in [-0.1, -0.05) is 6.07 Å². The Hall–Kier alpha value is -1.16. The predicted octanol–water partition coefficient (Wildman–Crippen LogP) is 2.89. The highest BCUT2D eigenvalue weighted by Gasteiger charge is 2.04. The van der Waals surface area contributed by atoms with Crippen molar-refractivity contribution in [2.24, 2.45) is 0 Å². The minimum absolute atomic E-state index is 0.487. The highest BCUT2D eigenvalue weighted by Crippen LogP contribution is 2.13. The molecule has 0 radical (unpaired) electrons. The summed E-state index contributed by atoms with van der Waals surface area (Å²) in [6.45, 7) is 2.21. The summed E-state index contributed by atoms with van der Waals surface area (Å²) < 4.78 is 2.08. The summed E-state index contributed by atoms with van der Waals surface area (Å²) in [7, 11) is 0. The Bertz CT molecular complexity index is 452. The molecule has 4 heteroatoms. The van der Waals surface area contributed by atoms with Crippen molar-refractivity contribution in [3.63, 3.8) is 0 Å². The fourth-order valence-corrected chi connectivity index (χ4v) is 2.27. The number of thioether (sulfide) groups is 1. The summed E-state index contributed by atoms with van der Waals surface area (Å²) in [5.41, 5.74) is 0.988. The lowest BCUT2D eigenvalue weighted by Gasteiger charge is -2.15. The van der Waals surface area contributed by atoms with Crippen LogP contribution in [0.4, 0.5) is 5.82 Å². The van der Waals surface area contributed by atoms with Gasteiger partial charge in [0.25, 0.3) is 0 Å². The molecule has 0 saturated carbocycles. The van der Waals surface area contributed by atoms with Crippen molar-refractivity contribution in [2.45, 2.75) is 19.4 Å². The predicted molar refractivity (Wildman–Crippen MR) is 71.3 cm³/mol. The second-order valence-electron chi connectivity index (χ2n) is 3.89. The number of hydrogen-bond donors (Lipinski definition) is 1. The zero-order valence-electron chi connectivity index (χ0n) is 9.68. The van der Waals surface area contributed by atoms with Gasteiger partial charge in [-0.2, -0.15) is 11.8 Å². The Morgan fingerprint density at radius 2 is 2.38 bits per heavy atom. The number of rotatable bonds is 5. The number of nitrogens with zero attached hydrogens (tertiary/aromatic N) is 2. The molecule has 0 aliphatic heterocycles. The van der Waals surface area contributed by atoms with Gasteiger partial charge in [0.2, 0.25) is 0 Å². The number of imidazole rings is 1. The van der Waals surface area contributed by atoms with Crippen molar-refractivity contribution >= 4 is 23.2 Å². The van der Waals surface area contributed by atoms with Gasteiger partial charge in [-0.25, -0.2) is 4.98 Å². The molecule has 1 N–H and O–H groups in total. The van der Waals surface area contributed by atoms with Crippen LogP contribution in [0.3, 0.4) is 0 Å². The largest absolute Gasteiger partial charge is 0.369 e. The zero-order valence-corrected chi connectivity index (χ0v) is 10.5. The van der Waals surface area contributed by atoms with Crippen LogP contribution < -0.4 is 5.32 Å². The fourth-order valence-electron chi connectivity index (χ4n) is 1.68. The molecule has 1 unspecified atom stereocenters. The lowest BCUT2D eigenvalue weighted by atomic mass is 10.2. The van der Waals surface area contributed by atoms with E-state index < -0.39 is 0 Å². The molecule has 2 aromatic heterocycles. The first kappa shape index (κ1) is 11.3. The highest BCUT2D eigenvalue weighted by atomic mass is 32.2. The Kier molecular flexibility index (Phi) is 3.72. The van der Waals surface area contributed by atoms with Gasteiger partial charge in [-0.05, 0) is 37.5 Å². The van der Waals surface area contributed by atoms with E-state index in [0.717, 1.165) is 11.5 Å². The second kappa shape index (κ2) is 5.25. The Labute approximate surface area is 100 Å². The Morgan fingerprint density at radius 1 is 1.50 bits per heavy atom. The van der Waals surface area contributed by atoms with Crippen LogP contribution in [-0.2, 0) is 0 Å². The maximum atomic E-state index is 4.27. The first-order chi connectivity index (χ1) is 7.81. The first-order valence-electron chi connectivity index (χ1n) is 5.49. The zero-order chi connectivity index (χ0) is 11.4. The van der Waals surface area contributed by atoms with Crippen molar-refractivity contribution in [3.05, 3.63) is 30.6 Å². The van der Waals surface area contributed by atoms with E-state index in [1.165, 1.54) is 12.2 Å². The van der Waals surface area contributed by atoms with Crippen LogP contribution in [0.5, 0.6) is 0 Å². The maximum absolute atomic E-state index is 4.27. The average molecular weight is 235 g/mol. The van der Waals surface area contributed by atoms with Gasteiger partial charge in [0, 0.05) is 18.4 Å². The van der Waals surface area contributed by atoms with E-state index in [1.54, 1.807) is 0 Å². The molecule has 0 aliphatic rings. The first-order valence-corrected chi connectivity index (χ1v) is 6.88. The summed E-state index contributed by atoms with van der Waals surface area (Å²) in [4.78, 5) is 4.27. The SMILES string of the molecule is CSCCC(C)Nc1cccc2nccn12. The Balaban J connectivity index is 2.11. The third-order valence-electron chi connectivity index (χ3n) is 2.58. The quantitative estimate of drug-likeness (QED) is 0.864. The number of fused-ring (bicyclic) bond motifs is 1. The minimum atomic E-state index is 0.487. The van der Waals surface area contributed by atoms with E-state index in [4.69, 9.17) is 0 Å². The topological polar surface area (TPSA) is 29.3 Å². The number of anilines is 1. The molecule has 86 valence electrons. The monoisotopic (exact) mass is 235 g/mol. The van der Waals surface area contributed by atoms with Crippen LogP contribution in [0.2, 0.25) is 0 Å². The molecule has 2 aromatic rings. The minimum Gasteiger partial charge on any atom is -0.369 e. The van der Waals surface area contributed by atoms with Crippen LogP contribution in [0.1, 0.15) is 13.3 Å². The summed E-state index contributed by atoms with van der Waals surface area (Å²) in [6.07, 6.45) is 7.13. The average Bonchev–Trinajstić information content (AvgIpc) is 2.75. The van der Waals surface area contributed by atoms with E-state index in [-0.39, 0.29) is 0 Å². The Morgan fingerprint density at radius 3 is 3.19 bits per heavy atom. The normalized spacial score (nSPS) is 12.9. The van der Waals surface area contributed by atoms with E-state index >= 15 is 0 Å².